The number of aromatic nitrogens is 1. The number of anilines is 1. The SMILES string of the molecule is CC(=O)c1cccc(NC(=O)COCc2nc3ccccc3s2)c1. The van der Waals surface area contributed by atoms with Crippen molar-refractivity contribution < 1.29 is 14.3 Å². The molecular weight excluding hydrogens is 324 g/mol. The number of benzene rings is 2. The van der Waals surface area contributed by atoms with Crippen LogP contribution in [0.25, 0.3) is 10.2 Å². The number of carbonyl (C=O) groups is 2. The van der Waals surface area contributed by atoms with E-state index in [2.05, 4.69) is 10.3 Å². The normalized spacial score (nSPS) is 10.7. The zero-order chi connectivity index (χ0) is 16.9. The Hall–Kier alpha value is -2.57. The van der Waals surface area contributed by atoms with Crippen LogP contribution < -0.4 is 5.32 Å². The molecule has 0 radical (unpaired) electrons. The van der Waals surface area contributed by atoms with Gasteiger partial charge in [0.25, 0.3) is 0 Å². The number of ketones is 1. The maximum atomic E-state index is 11.9. The maximum absolute atomic E-state index is 11.9. The van der Waals surface area contributed by atoms with E-state index < -0.39 is 0 Å². The Kier molecular flexibility index (Phi) is 4.98. The number of ether oxygens (including phenoxy) is 1. The highest BCUT2D eigenvalue weighted by atomic mass is 32.1. The van der Waals surface area contributed by atoms with Gasteiger partial charge in [-0.05, 0) is 31.2 Å². The van der Waals surface area contributed by atoms with Crippen molar-refractivity contribution in [2.45, 2.75) is 13.5 Å². The number of Topliss-reactive ketones (excluding diaryl/α,β-unsaturated/α-hetero) is 1. The van der Waals surface area contributed by atoms with Gasteiger partial charge in [0, 0.05) is 11.3 Å². The van der Waals surface area contributed by atoms with Crippen molar-refractivity contribution in [1.29, 1.82) is 0 Å². The first-order valence-electron chi connectivity index (χ1n) is 7.45. The van der Waals surface area contributed by atoms with E-state index in [0.717, 1.165) is 15.2 Å². The summed E-state index contributed by atoms with van der Waals surface area (Å²) in [6, 6.07) is 14.7. The van der Waals surface area contributed by atoms with Gasteiger partial charge < -0.3 is 10.1 Å². The molecule has 3 rings (SSSR count). The number of thiazole rings is 1. The highest BCUT2D eigenvalue weighted by Gasteiger charge is 2.07. The molecule has 6 heteroatoms. The van der Waals surface area contributed by atoms with Gasteiger partial charge in [0.05, 0.1) is 16.8 Å². The minimum Gasteiger partial charge on any atom is -0.364 e. The Labute approximate surface area is 143 Å². The van der Waals surface area contributed by atoms with Crippen LogP contribution in [0, 0.1) is 0 Å². The molecule has 5 nitrogen and oxygen atoms in total. The third-order valence-electron chi connectivity index (χ3n) is 3.35. The first-order chi connectivity index (χ1) is 11.6. The second-order valence-electron chi connectivity index (χ2n) is 5.25. The van der Waals surface area contributed by atoms with Gasteiger partial charge in [-0.2, -0.15) is 0 Å². The highest BCUT2D eigenvalue weighted by molar-refractivity contribution is 7.18. The Morgan fingerprint density at radius 3 is 2.79 bits per heavy atom. The summed E-state index contributed by atoms with van der Waals surface area (Å²) < 4.78 is 6.53. The summed E-state index contributed by atoms with van der Waals surface area (Å²) in [4.78, 5) is 27.7. The van der Waals surface area contributed by atoms with Crippen LogP contribution in [-0.2, 0) is 16.1 Å². The minimum atomic E-state index is -0.267. The predicted octanol–water partition coefficient (Wildman–Crippen LogP) is 3.65. The Bertz CT molecular complexity index is 856. The average Bonchev–Trinajstić information content (AvgIpc) is 2.97. The van der Waals surface area contributed by atoms with Crippen LogP contribution in [0.4, 0.5) is 5.69 Å². The number of hydrogen-bond donors (Lipinski definition) is 1. The summed E-state index contributed by atoms with van der Waals surface area (Å²) in [6.45, 7) is 1.71. The summed E-state index contributed by atoms with van der Waals surface area (Å²) in [5, 5.41) is 3.55. The summed E-state index contributed by atoms with van der Waals surface area (Å²) in [6.07, 6.45) is 0. The zero-order valence-corrected chi connectivity index (χ0v) is 13.9. The van der Waals surface area contributed by atoms with Gasteiger partial charge >= 0.3 is 0 Å². The van der Waals surface area contributed by atoms with Crippen molar-refractivity contribution in [3.8, 4) is 0 Å². The molecule has 1 N–H and O–H groups in total. The number of amides is 1. The summed E-state index contributed by atoms with van der Waals surface area (Å²) in [5.41, 5.74) is 2.08. The molecule has 3 aromatic rings. The van der Waals surface area contributed by atoms with Crippen LogP contribution in [-0.4, -0.2) is 23.3 Å². The summed E-state index contributed by atoms with van der Waals surface area (Å²) in [5.74, 6) is -0.310. The van der Waals surface area contributed by atoms with Gasteiger partial charge in [0.15, 0.2) is 5.78 Å². The number of rotatable bonds is 6. The van der Waals surface area contributed by atoms with Crippen LogP contribution >= 0.6 is 11.3 Å². The molecular formula is C18H16N2O3S. The molecule has 1 amide bonds. The van der Waals surface area contributed by atoms with E-state index in [4.69, 9.17) is 4.74 Å². The van der Waals surface area contributed by atoms with Crippen molar-refractivity contribution in [3.05, 3.63) is 59.1 Å². The molecule has 0 fully saturated rings. The standard InChI is InChI=1S/C18H16N2O3S/c1-12(21)13-5-4-6-14(9-13)19-17(22)10-23-11-18-20-15-7-2-3-8-16(15)24-18/h2-9H,10-11H2,1H3,(H,19,22). The molecule has 0 saturated heterocycles. The van der Waals surface area contributed by atoms with Crippen molar-refractivity contribution in [2.75, 3.05) is 11.9 Å². The van der Waals surface area contributed by atoms with Crippen molar-refractivity contribution in [2.24, 2.45) is 0 Å². The second kappa shape index (κ2) is 7.33. The van der Waals surface area contributed by atoms with E-state index in [0.29, 0.717) is 17.9 Å². The predicted molar refractivity (Wildman–Crippen MR) is 94.4 cm³/mol. The van der Waals surface area contributed by atoms with E-state index in [9.17, 15) is 9.59 Å². The van der Waals surface area contributed by atoms with E-state index in [1.54, 1.807) is 35.6 Å². The maximum Gasteiger partial charge on any atom is 0.250 e. The van der Waals surface area contributed by atoms with E-state index in [-0.39, 0.29) is 18.3 Å². The highest BCUT2D eigenvalue weighted by Crippen LogP contribution is 2.21. The fraction of sp³-hybridized carbons (Fsp3) is 0.167. The van der Waals surface area contributed by atoms with E-state index in [1.165, 1.54) is 6.92 Å². The number of hydrogen-bond acceptors (Lipinski definition) is 5. The third kappa shape index (κ3) is 4.04. The van der Waals surface area contributed by atoms with E-state index >= 15 is 0 Å². The van der Waals surface area contributed by atoms with Gasteiger partial charge in [-0.25, -0.2) is 4.98 Å². The third-order valence-corrected chi connectivity index (χ3v) is 4.36. The number of fused-ring (bicyclic) bond motifs is 1. The van der Waals surface area contributed by atoms with Crippen molar-refractivity contribution in [3.63, 3.8) is 0 Å². The fourth-order valence-corrected chi connectivity index (χ4v) is 3.13. The summed E-state index contributed by atoms with van der Waals surface area (Å²) >= 11 is 1.55. The van der Waals surface area contributed by atoms with Crippen LogP contribution in [0.3, 0.4) is 0 Å². The van der Waals surface area contributed by atoms with E-state index in [1.807, 2.05) is 24.3 Å². The average molecular weight is 340 g/mol. The fourth-order valence-electron chi connectivity index (χ4n) is 2.23. The molecule has 0 aliphatic heterocycles. The van der Waals surface area contributed by atoms with Crippen LogP contribution in [0.2, 0.25) is 0 Å². The lowest BCUT2D eigenvalue weighted by atomic mass is 10.1. The molecule has 1 aromatic heterocycles. The van der Waals surface area contributed by atoms with Gasteiger partial charge in [-0.1, -0.05) is 24.3 Å². The molecule has 0 unspecified atom stereocenters. The molecule has 2 aromatic carbocycles. The van der Waals surface area contributed by atoms with Gasteiger partial charge in [-0.3, -0.25) is 9.59 Å². The molecule has 122 valence electrons. The largest absolute Gasteiger partial charge is 0.364 e. The first kappa shape index (κ1) is 16.3. The number of nitrogens with one attached hydrogen (secondary N) is 1. The van der Waals surface area contributed by atoms with Crippen molar-refractivity contribution in [1.82, 2.24) is 4.98 Å². The molecule has 0 atom stereocenters. The number of nitrogens with zero attached hydrogens (tertiary/aromatic N) is 1. The quantitative estimate of drug-likeness (QED) is 0.696. The smallest absolute Gasteiger partial charge is 0.250 e. The molecule has 0 bridgehead atoms. The lowest BCUT2D eigenvalue weighted by molar-refractivity contribution is -0.121. The second-order valence-corrected chi connectivity index (χ2v) is 6.37. The lowest BCUT2D eigenvalue weighted by Gasteiger charge is -2.06. The molecule has 0 aliphatic rings. The first-order valence-corrected chi connectivity index (χ1v) is 8.26. The van der Waals surface area contributed by atoms with Gasteiger partial charge in [0.2, 0.25) is 5.91 Å². The number of carbonyl (C=O) groups excluding carboxylic acids is 2. The zero-order valence-electron chi connectivity index (χ0n) is 13.1. The van der Waals surface area contributed by atoms with Crippen LogP contribution in [0.15, 0.2) is 48.5 Å². The number of para-hydroxylation sites is 1. The molecule has 24 heavy (non-hydrogen) atoms. The molecule has 0 aliphatic carbocycles. The topological polar surface area (TPSA) is 68.3 Å². The Balaban J connectivity index is 1.52. The van der Waals surface area contributed by atoms with Crippen LogP contribution in [0.5, 0.6) is 0 Å². The van der Waals surface area contributed by atoms with Crippen molar-refractivity contribution >= 4 is 38.9 Å². The Morgan fingerprint density at radius 1 is 1.17 bits per heavy atom. The summed E-state index contributed by atoms with van der Waals surface area (Å²) in [7, 11) is 0. The lowest BCUT2D eigenvalue weighted by Crippen LogP contribution is -2.18. The Morgan fingerprint density at radius 2 is 2.00 bits per heavy atom. The molecule has 1 heterocycles. The minimum absolute atomic E-state index is 0.0433. The van der Waals surface area contributed by atoms with Crippen LogP contribution in [0.1, 0.15) is 22.3 Å². The van der Waals surface area contributed by atoms with Gasteiger partial charge in [0.1, 0.15) is 11.6 Å². The monoisotopic (exact) mass is 340 g/mol. The molecule has 0 saturated carbocycles. The molecule has 0 spiro atoms. The van der Waals surface area contributed by atoms with Gasteiger partial charge in [-0.15, -0.1) is 11.3 Å².